The van der Waals surface area contributed by atoms with E-state index in [4.69, 9.17) is 0 Å². The van der Waals surface area contributed by atoms with E-state index in [0.717, 1.165) is 25.7 Å². The molecule has 4 heteroatoms. The first-order chi connectivity index (χ1) is 14.6. The number of carbonyl (C=O) groups excluding carboxylic acids is 2. The number of nitrogens with one attached hydrogen (secondary N) is 1. The van der Waals surface area contributed by atoms with Gasteiger partial charge in [0.25, 0.3) is 0 Å². The van der Waals surface area contributed by atoms with Crippen LogP contribution in [0.5, 0.6) is 0 Å². The maximum Gasteiger partial charge on any atom is 0.220 e. The number of hydrogen-bond donors (Lipinski definition) is 2. The summed E-state index contributed by atoms with van der Waals surface area (Å²) in [5.41, 5.74) is 0.409. The highest BCUT2D eigenvalue weighted by Gasteiger charge is 2.62. The van der Waals surface area contributed by atoms with Gasteiger partial charge >= 0.3 is 0 Å². The molecule has 31 heavy (non-hydrogen) atoms. The number of rotatable bonds is 5. The van der Waals surface area contributed by atoms with Gasteiger partial charge in [-0.1, -0.05) is 20.8 Å². The molecule has 4 saturated carbocycles. The van der Waals surface area contributed by atoms with Crippen molar-refractivity contribution in [1.29, 1.82) is 0 Å². The Kier molecular flexibility index (Phi) is 6.35. The molecule has 2 N–H and O–H groups in total. The van der Waals surface area contributed by atoms with Crippen LogP contribution in [0.2, 0.25) is 0 Å². The number of aliphatic hydroxyl groups excluding tert-OH is 1. The Morgan fingerprint density at radius 2 is 1.74 bits per heavy atom. The second-order valence-electron chi connectivity index (χ2n) is 12.5. The van der Waals surface area contributed by atoms with E-state index in [2.05, 4.69) is 26.1 Å². The molecule has 0 aliphatic heterocycles. The Bertz CT molecular complexity index is 705. The maximum atomic E-state index is 13.3. The second-order valence-corrected chi connectivity index (χ2v) is 12.5. The lowest BCUT2D eigenvalue weighted by Gasteiger charge is -2.60. The minimum absolute atomic E-state index is 0.0810. The van der Waals surface area contributed by atoms with Gasteiger partial charge in [-0.25, -0.2) is 0 Å². The zero-order valence-electron chi connectivity index (χ0n) is 20.5. The van der Waals surface area contributed by atoms with Crippen molar-refractivity contribution in [2.75, 3.05) is 0 Å². The summed E-state index contributed by atoms with van der Waals surface area (Å²) in [6.07, 6.45) is 9.65. The van der Waals surface area contributed by atoms with E-state index < -0.39 is 0 Å². The summed E-state index contributed by atoms with van der Waals surface area (Å²) in [7, 11) is 0. The Balaban J connectivity index is 1.47. The number of aliphatic hydroxyl groups is 1. The summed E-state index contributed by atoms with van der Waals surface area (Å²) in [6, 6.07) is 0.210. The van der Waals surface area contributed by atoms with Gasteiger partial charge in [0.2, 0.25) is 5.91 Å². The first kappa shape index (κ1) is 23.3. The lowest BCUT2D eigenvalue weighted by atomic mass is 9.44. The molecule has 0 aromatic carbocycles. The average molecular weight is 432 g/mol. The van der Waals surface area contributed by atoms with Crippen LogP contribution in [0.15, 0.2) is 0 Å². The standard InChI is InChI=1S/C27H45NO3/c1-16(2)28-25(31)9-6-17(3)20-7-8-21-19-15-24(30)23-14-18(29)10-12-27(23,5)22(19)11-13-26(20,21)4/h16-23,29H,6-15H2,1-5H3,(H,28,31)/t17-,18-,19+,20-,21+,22+,23+,26-,27-/m0/s1. The Labute approximate surface area is 189 Å². The summed E-state index contributed by atoms with van der Waals surface area (Å²) in [5, 5.41) is 13.3. The van der Waals surface area contributed by atoms with Crippen LogP contribution in [0.25, 0.3) is 0 Å². The first-order valence-corrected chi connectivity index (χ1v) is 13.1. The average Bonchev–Trinajstić information content (AvgIpc) is 3.04. The number of amides is 1. The number of carbonyl (C=O) groups is 2. The van der Waals surface area contributed by atoms with Crippen molar-refractivity contribution in [3.63, 3.8) is 0 Å². The maximum absolute atomic E-state index is 13.3. The van der Waals surface area contributed by atoms with Crippen LogP contribution in [-0.2, 0) is 9.59 Å². The molecule has 4 nitrogen and oxygen atoms in total. The molecule has 0 radical (unpaired) electrons. The highest BCUT2D eigenvalue weighted by molar-refractivity contribution is 5.83. The summed E-state index contributed by atoms with van der Waals surface area (Å²) in [5.74, 6) is 3.75. The molecule has 0 aromatic rings. The van der Waals surface area contributed by atoms with Crippen molar-refractivity contribution in [1.82, 2.24) is 5.32 Å². The zero-order chi connectivity index (χ0) is 22.6. The van der Waals surface area contributed by atoms with Gasteiger partial charge in [0.1, 0.15) is 5.78 Å². The molecule has 0 bridgehead atoms. The van der Waals surface area contributed by atoms with E-state index in [0.29, 0.717) is 53.6 Å². The van der Waals surface area contributed by atoms with Gasteiger partial charge in [0.15, 0.2) is 0 Å². The lowest BCUT2D eigenvalue weighted by Crippen LogP contribution is -2.57. The largest absolute Gasteiger partial charge is 0.393 e. The monoisotopic (exact) mass is 431 g/mol. The van der Waals surface area contributed by atoms with E-state index in [1.165, 1.54) is 25.7 Å². The van der Waals surface area contributed by atoms with Crippen molar-refractivity contribution >= 4 is 11.7 Å². The zero-order valence-corrected chi connectivity index (χ0v) is 20.5. The smallest absolute Gasteiger partial charge is 0.220 e. The van der Waals surface area contributed by atoms with Crippen molar-refractivity contribution in [2.45, 2.75) is 111 Å². The molecule has 0 heterocycles. The Morgan fingerprint density at radius 1 is 1.06 bits per heavy atom. The Hall–Kier alpha value is -0.900. The van der Waals surface area contributed by atoms with Crippen LogP contribution in [0.1, 0.15) is 98.8 Å². The quantitative estimate of drug-likeness (QED) is 0.634. The second kappa shape index (κ2) is 8.47. The highest BCUT2D eigenvalue weighted by Crippen LogP contribution is 2.67. The van der Waals surface area contributed by atoms with Crippen LogP contribution < -0.4 is 5.32 Å². The third-order valence-electron chi connectivity index (χ3n) is 10.5. The fourth-order valence-electron chi connectivity index (χ4n) is 8.95. The molecular formula is C27H45NO3. The SMILES string of the molecule is CC(C)NC(=O)CC[C@H](C)[C@@H]1CC[C@@H]2[C@H]3CC(=O)[C@H]4C[C@@H](O)CC[C@@]4(C)[C@@H]3CC[C@]21C. The number of ketones is 1. The first-order valence-electron chi connectivity index (χ1n) is 13.1. The van der Waals surface area contributed by atoms with Crippen molar-refractivity contribution in [3.8, 4) is 0 Å². The molecule has 4 aliphatic carbocycles. The van der Waals surface area contributed by atoms with Crippen molar-refractivity contribution in [3.05, 3.63) is 0 Å². The third kappa shape index (κ3) is 4.00. The predicted molar refractivity (Wildman–Crippen MR) is 123 cm³/mol. The summed E-state index contributed by atoms with van der Waals surface area (Å²) >= 11 is 0. The predicted octanol–water partition coefficient (Wildman–Crippen LogP) is 5.13. The summed E-state index contributed by atoms with van der Waals surface area (Å²) < 4.78 is 0. The van der Waals surface area contributed by atoms with E-state index >= 15 is 0 Å². The van der Waals surface area contributed by atoms with E-state index in [1.807, 2.05) is 13.8 Å². The molecule has 176 valence electrons. The van der Waals surface area contributed by atoms with Crippen molar-refractivity contribution in [2.24, 2.45) is 46.3 Å². The minimum atomic E-state index is -0.281. The van der Waals surface area contributed by atoms with Crippen LogP contribution in [0, 0.1) is 46.3 Å². The van der Waals surface area contributed by atoms with Crippen LogP contribution >= 0.6 is 0 Å². The number of fused-ring (bicyclic) bond motifs is 5. The van der Waals surface area contributed by atoms with Gasteiger partial charge in [0, 0.05) is 24.8 Å². The van der Waals surface area contributed by atoms with Gasteiger partial charge in [-0.15, -0.1) is 0 Å². The molecule has 4 fully saturated rings. The number of hydrogen-bond acceptors (Lipinski definition) is 3. The van der Waals surface area contributed by atoms with Gasteiger partial charge in [0.05, 0.1) is 6.10 Å². The van der Waals surface area contributed by atoms with E-state index in [1.54, 1.807) is 0 Å². The summed E-state index contributed by atoms with van der Waals surface area (Å²) in [4.78, 5) is 25.4. The lowest BCUT2D eigenvalue weighted by molar-refractivity contribution is -0.160. The highest BCUT2D eigenvalue weighted by atomic mass is 16.3. The molecule has 0 spiro atoms. The van der Waals surface area contributed by atoms with Crippen molar-refractivity contribution < 1.29 is 14.7 Å². The van der Waals surface area contributed by atoms with E-state index in [9.17, 15) is 14.7 Å². The van der Waals surface area contributed by atoms with Crippen LogP contribution in [0.4, 0.5) is 0 Å². The fraction of sp³-hybridized carbons (Fsp3) is 0.926. The van der Waals surface area contributed by atoms with Gasteiger partial charge in [-0.2, -0.15) is 0 Å². The topological polar surface area (TPSA) is 66.4 Å². The van der Waals surface area contributed by atoms with Gasteiger partial charge in [-0.05, 0) is 106 Å². The fourth-order valence-corrected chi connectivity index (χ4v) is 8.95. The molecule has 0 aromatic heterocycles. The normalized spacial score (nSPS) is 45.6. The van der Waals surface area contributed by atoms with Crippen LogP contribution in [-0.4, -0.2) is 28.9 Å². The number of Topliss-reactive ketones (excluding diaryl/α,β-unsaturated/α-hetero) is 1. The molecule has 1 amide bonds. The van der Waals surface area contributed by atoms with Gasteiger partial charge < -0.3 is 10.4 Å². The molecular weight excluding hydrogens is 386 g/mol. The van der Waals surface area contributed by atoms with Crippen LogP contribution in [0.3, 0.4) is 0 Å². The summed E-state index contributed by atoms with van der Waals surface area (Å²) in [6.45, 7) is 11.3. The Morgan fingerprint density at radius 3 is 2.45 bits per heavy atom. The molecule has 4 aliphatic rings. The molecule has 0 saturated heterocycles. The molecule has 4 rings (SSSR count). The minimum Gasteiger partial charge on any atom is -0.393 e. The molecule has 0 unspecified atom stereocenters. The van der Waals surface area contributed by atoms with E-state index in [-0.39, 0.29) is 29.4 Å². The third-order valence-corrected chi connectivity index (χ3v) is 10.5. The van der Waals surface area contributed by atoms with Gasteiger partial charge in [-0.3, -0.25) is 9.59 Å². The molecule has 9 atom stereocenters.